The lowest BCUT2D eigenvalue weighted by atomic mass is 10.1. The molecule has 5 heteroatoms. The fraction of sp³-hybridized carbons (Fsp3) is 0.133. The van der Waals surface area contributed by atoms with Crippen molar-refractivity contribution in [3.63, 3.8) is 0 Å². The van der Waals surface area contributed by atoms with Gasteiger partial charge in [-0.05, 0) is 23.8 Å². The Kier molecular flexibility index (Phi) is 6.03. The number of aromatic hydroxyl groups is 2. The van der Waals surface area contributed by atoms with E-state index >= 15 is 0 Å². The number of ketones is 1. The molecule has 0 aliphatic rings. The number of hydrogen-bond acceptors (Lipinski definition) is 4. The first-order valence-corrected chi connectivity index (χ1v) is 5.96. The van der Waals surface area contributed by atoms with Gasteiger partial charge in [0.2, 0.25) is 0 Å². The maximum absolute atomic E-state index is 11.8. The van der Waals surface area contributed by atoms with Crippen LogP contribution in [0, 0.1) is 0 Å². The molecule has 0 spiro atoms. The lowest BCUT2D eigenvalue weighted by Gasteiger charge is -2.05. The predicted octanol–water partition coefficient (Wildman–Crippen LogP) is 2.49. The van der Waals surface area contributed by atoms with Gasteiger partial charge in [0.1, 0.15) is 0 Å². The first-order valence-electron chi connectivity index (χ1n) is 5.96. The molecule has 0 amide bonds. The van der Waals surface area contributed by atoms with Gasteiger partial charge in [-0.2, -0.15) is 0 Å². The molecule has 20 heavy (non-hydrogen) atoms. The lowest BCUT2D eigenvalue weighted by molar-refractivity contribution is 0.0990. The highest BCUT2D eigenvalue weighted by molar-refractivity contribution is 5.98. The number of benzene rings is 2. The predicted molar refractivity (Wildman–Crippen MR) is 79.5 cm³/mol. The van der Waals surface area contributed by atoms with Crippen molar-refractivity contribution in [1.29, 1.82) is 0 Å². The highest BCUT2D eigenvalue weighted by Gasteiger charge is 2.08. The number of carbonyl (C=O) groups excluding carboxylic acids is 1. The number of halogens is 1. The summed E-state index contributed by atoms with van der Waals surface area (Å²) >= 11 is 0. The summed E-state index contributed by atoms with van der Waals surface area (Å²) in [5.41, 5.74) is 1.47. The summed E-state index contributed by atoms with van der Waals surface area (Å²) in [5.74, 6) is -0.645. The Bertz CT molecular complexity index is 573. The lowest BCUT2D eigenvalue weighted by Crippen LogP contribution is -2.22. The minimum absolute atomic E-state index is 0. The molecule has 2 aromatic carbocycles. The first kappa shape index (κ1) is 16.0. The SMILES string of the molecule is Cl.O=C(CNCc1ccccc1)c1ccc(O)c(O)c1. The molecule has 4 nitrogen and oxygen atoms in total. The average molecular weight is 294 g/mol. The molecule has 0 atom stereocenters. The van der Waals surface area contributed by atoms with Gasteiger partial charge in [-0.3, -0.25) is 4.79 Å². The summed E-state index contributed by atoms with van der Waals surface area (Å²) in [7, 11) is 0. The van der Waals surface area contributed by atoms with Crippen LogP contribution in [0.25, 0.3) is 0 Å². The molecule has 0 heterocycles. The second kappa shape index (κ2) is 7.53. The highest BCUT2D eigenvalue weighted by atomic mass is 35.5. The molecule has 0 unspecified atom stereocenters. The van der Waals surface area contributed by atoms with Crippen LogP contribution in [-0.4, -0.2) is 22.5 Å². The topological polar surface area (TPSA) is 69.6 Å². The van der Waals surface area contributed by atoms with E-state index in [1.54, 1.807) is 0 Å². The smallest absolute Gasteiger partial charge is 0.176 e. The molecule has 0 saturated carbocycles. The number of rotatable bonds is 5. The van der Waals surface area contributed by atoms with E-state index < -0.39 is 0 Å². The van der Waals surface area contributed by atoms with Crippen LogP contribution >= 0.6 is 12.4 Å². The number of phenols is 2. The summed E-state index contributed by atoms with van der Waals surface area (Å²) in [6.07, 6.45) is 0. The minimum atomic E-state index is -0.283. The van der Waals surface area contributed by atoms with Gasteiger partial charge in [0.05, 0.1) is 6.54 Å². The molecule has 3 N–H and O–H groups in total. The van der Waals surface area contributed by atoms with Crippen LogP contribution in [0.15, 0.2) is 48.5 Å². The summed E-state index contributed by atoms with van der Waals surface area (Å²) in [4.78, 5) is 11.8. The molecule has 0 saturated heterocycles. The molecule has 0 aromatic heterocycles. The second-order valence-electron chi connectivity index (χ2n) is 4.22. The third kappa shape index (κ3) is 4.26. The van der Waals surface area contributed by atoms with Gasteiger partial charge < -0.3 is 15.5 Å². The number of nitrogens with one attached hydrogen (secondary N) is 1. The molecule has 106 valence electrons. The molecule has 2 aromatic rings. The van der Waals surface area contributed by atoms with Crippen molar-refractivity contribution < 1.29 is 15.0 Å². The zero-order valence-electron chi connectivity index (χ0n) is 10.7. The average Bonchev–Trinajstić information content (AvgIpc) is 2.43. The number of Topliss-reactive ketones (excluding diaryl/α,β-unsaturated/α-hetero) is 1. The van der Waals surface area contributed by atoms with Crippen molar-refractivity contribution in [3.05, 3.63) is 59.7 Å². The Morgan fingerprint density at radius 1 is 1.00 bits per heavy atom. The Morgan fingerprint density at radius 3 is 2.35 bits per heavy atom. The van der Waals surface area contributed by atoms with Crippen molar-refractivity contribution in [3.8, 4) is 11.5 Å². The third-order valence-electron chi connectivity index (χ3n) is 2.75. The fourth-order valence-corrected chi connectivity index (χ4v) is 1.72. The summed E-state index contributed by atoms with van der Waals surface area (Å²) in [6.45, 7) is 0.787. The Hall–Kier alpha value is -2.04. The summed E-state index contributed by atoms with van der Waals surface area (Å²) in [6, 6.07) is 13.8. The third-order valence-corrected chi connectivity index (χ3v) is 2.75. The van der Waals surface area contributed by atoms with Crippen LogP contribution in [0.5, 0.6) is 11.5 Å². The summed E-state index contributed by atoms with van der Waals surface area (Å²) < 4.78 is 0. The molecule has 0 radical (unpaired) electrons. The molecular formula is C15H16ClNO3. The number of hydrogen-bond donors (Lipinski definition) is 3. The van der Waals surface area contributed by atoms with Gasteiger partial charge >= 0.3 is 0 Å². The minimum Gasteiger partial charge on any atom is -0.504 e. The molecule has 0 aliphatic heterocycles. The van der Waals surface area contributed by atoms with Crippen molar-refractivity contribution in [2.45, 2.75) is 6.54 Å². The fourth-order valence-electron chi connectivity index (χ4n) is 1.72. The standard InChI is InChI=1S/C15H15NO3.ClH/c17-13-7-6-12(8-14(13)18)15(19)10-16-9-11-4-2-1-3-5-11;/h1-8,16-18H,9-10H2;1H. The van der Waals surface area contributed by atoms with Crippen molar-refractivity contribution in [2.75, 3.05) is 6.54 Å². The summed E-state index contributed by atoms with van der Waals surface area (Å²) in [5, 5.41) is 21.5. The zero-order chi connectivity index (χ0) is 13.7. The van der Waals surface area contributed by atoms with Gasteiger partial charge in [0.25, 0.3) is 0 Å². The van der Waals surface area contributed by atoms with Crippen LogP contribution < -0.4 is 5.32 Å². The highest BCUT2D eigenvalue weighted by Crippen LogP contribution is 2.24. The maximum atomic E-state index is 11.8. The van der Waals surface area contributed by atoms with Gasteiger partial charge in [0, 0.05) is 12.1 Å². The number of phenolic OH excluding ortho intramolecular Hbond substituents is 2. The maximum Gasteiger partial charge on any atom is 0.176 e. The Balaban J connectivity index is 0.00000200. The van der Waals surface area contributed by atoms with E-state index in [0.29, 0.717) is 12.1 Å². The van der Waals surface area contributed by atoms with E-state index in [0.717, 1.165) is 5.56 Å². The van der Waals surface area contributed by atoms with Crippen molar-refractivity contribution in [2.24, 2.45) is 0 Å². The molecule has 0 aliphatic carbocycles. The number of carbonyl (C=O) groups is 1. The van der Waals surface area contributed by atoms with Gasteiger partial charge in [-0.25, -0.2) is 0 Å². The van der Waals surface area contributed by atoms with Crippen molar-refractivity contribution >= 4 is 18.2 Å². The van der Waals surface area contributed by atoms with E-state index in [1.807, 2.05) is 30.3 Å². The second-order valence-corrected chi connectivity index (χ2v) is 4.22. The van der Waals surface area contributed by atoms with Crippen LogP contribution in [-0.2, 0) is 6.54 Å². The Morgan fingerprint density at radius 2 is 1.70 bits per heavy atom. The largest absolute Gasteiger partial charge is 0.504 e. The zero-order valence-corrected chi connectivity index (χ0v) is 11.6. The van der Waals surface area contributed by atoms with Crippen molar-refractivity contribution in [1.82, 2.24) is 5.32 Å². The van der Waals surface area contributed by atoms with E-state index in [9.17, 15) is 15.0 Å². The van der Waals surface area contributed by atoms with Crippen LogP contribution in [0.2, 0.25) is 0 Å². The monoisotopic (exact) mass is 293 g/mol. The first-order chi connectivity index (χ1) is 9.16. The van der Waals surface area contributed by atoms with Crippen LogP contribution in [0.3, 0.4) is 0 Å². The van der Waals surface area contributed by atoms with E-state index in [2.05, 4.69) is 5.32 Å². The van der Waals surface area contributed by atoms with E-state index in [1.165, 1.54) is 18.2 Å². The van der Waals surface area contributed by atoms with Crippen LogP contribution in [0.4, 0.5) is 0 Å². The normalized spacial score (nSPS) is 9.80. The quantitative estimate of drug-likeness (QED) is 0.585. The van der Waals surface area contributed by atoms with Gasteiger partial charge in [-0.15, -0.1) is 12.4 Å². The van der Waals surface area contributed by atoms with Gasteiger partial charge in [-0.1, -0.05) is 30.3 Å². The molecule has 0 fully saturated rings. The van der Waals surface area contributed by atoms with E-state index in [4.69, 9.17) is 0 Å². The van der Waals surface area contributed by atoms with E-state index in [-0.39, 0.29) is 36.2 Å². The Labute approximate surface area is 123 Å². The van der Waals surface area contributed by atoms with Crippen LogP contribution in [0.1, 0.15) is 15.9 Å². The molecule has 0 bridgehead atoms. The molecular weight excluding hydrogens is 278 g/mol. The van der Waals surface area contributed by atoms with Gasteiger partial charge in [0.15, 0.2) is 17.3 Å². The molecule has 2 rings (SSSR count).